The number of carboxylic acids is 2. The summed E-state index contributed by atoms with van der Waals surface area (Å²) in [5.74, 6) is 2.92. The van der Waals surface area contributed by atoms with E-state index in [4.69, 9.17) is 0 Å². The molecular formula is C44H67FN2O4S. The molecule has 1 heterocycles. The van der Waals surface area contributed by atoms with Gasteiger partial charge in [0.15, 0.2) is 0 Å². The van der Waals surface area contributed by atoms with E-state index < -0.39 is 24.0 Å². The molecule has 3 N–H and O–H groups in total. The van der Waals surface area contributed by atoms with Crippen LogP contribution in [0.3, 0.4) is 0 Å². The quantitative estimate of drug-likeness (QED) is 0.203. The van der Waals surface area contributed by atoms with E-state index in [9.17, 15) is 24.2 Å². The molecule has 11 atom stereocenters. The average Bonchev–Trinajstić information content (AvgIpc) is 3.48. The normalized spacial score (nSPS) is 45.8. The summed E-state index contributed by atoms with van der Waals surface area (Å²) in [5.41, 5.74) is 3.49. The summed E-state index contributed by atoms with van der Waals surface area (Å²) in [7, 11) is 0. The first-order chi connectivity index (χ1) is 24.5. The molecule has 0 bridgehead atoms. The monoisotopic (exact) mass is 738 g/mol. The first kappa shape index (κ1) is 38.6. The maximum Gasteiger partial charge on any atom is 0.321 e. The van der Waals surface area contributed by atoms with E-state index in [1.807, 2.05) is 0 Å². The fourth-order valence-corrected chi connectivity index (χ4v) is 15.8. The van der Waals surface area contributed by atoms with Crippen LogP contribution in [0.2, 0.25) is 0 Å². The molecule has 0 aromatic rings. The van der Waals surface area contributed by atoms with Crippen LogP contribution in [0.25, 0.3) is 0 Å². The van der Waals surface area contributed by atoms with Gasteiger partial charge in [0.25, 0.3) is 0 Å². The summed E-state index contributed by atoms with van der Waals surface area (Å²) < 4.78 is 14.0. The lowest BCUT2D eigenvalue weighted by Gasteiger charge is -2.72. The summed E-state index contributed by atoms with van der Waals surface area (Å²) >= 11 is 1.76. The number of allylic oxidation sites excluding steroid dienone is 5. The molecule has 1 saturated heterocycles. The van der Waals surface area contributed by atoms with E-state index in [1.54, 1.807) is 11.8 Å². The van der Waals surface area contributed by atoms with Crippen molar-refractivity contribution in [3.05, 3.63) is 35.5 Å². The van der Waals surface area contributed by atoms with Crippen molar-refractivity contribution in [2.45, 2.75) is 130 Å². The van der Waals surface area contributed by atoms with E-state index >= 15 is 0 Å². The standard InChI is InChI=1S/C44H67FN2O4S/c1-28(2)30-12-19-44(46-22-23-47-24-25-52-26-33(47)37(48)49)21-20-41(6)32(36(30)44)8-9-35-40(5)15-13-31(39(3,4)34(40)14-16-42(35,41)7)29-10-17-43(27-45,18-11-29)38(50)51/h10,13,30,32-36,46H,1,8-9,11-12,14-27H2,2-7H3,(H,48,49)(H,50,51)/t30-,32+,33-,34-,35+,36+,40-,41+,42+,43+,44-/m0/s1. The Bertz CT molecular complexity index is 1530. The number of rotatable bonds is 9. The second-order valence-electron chi connectivity index (χ2n) is 19.9. The molecule has 52 heavy (non-hydrogen) atoms. The van der Waals surface area contributed by atoms with Gasteiger partial charge < -0.3 is 15.5 Å². The molecule has 5 fully saturated rings. The minimum absolute atomic E-state index is 0.0221. The lowest BCUT2D eigenvalue weighted by molar-refractivity contribution is -0.221. The number of alkyl halides is 1. The highest BCUT2D eigenvalue weighted by atomic mass is 32.2. The molecule has 6 nitrogen and oxygen atoms in total. The molecule has 4 saturated carbocycles. The van der Waals surface area contributed by atoms with Crippen LogP contribution >= 0.6 is 11.8 Å². The highest BCUT2D eigenvalue weighted by Gasteiger charge is 2.70. The number of carboxylic acid groups (broad SMARTS) is 2. The lowest BCUT2D eigenvalue weighted by Crippen LogP contribution is -2.68. The summed E-state index contributed by atoms with van der Waals surface area (Å²) in [6, 6.07) is -0.380. The summed E-state index contributed by atoms with van der Waals surface area (Å²) in [4.78, 5) is 26.2. The zero-order valence-electron chi connectivity index (χ0n) is 33.0. The van der Waals surface area contributed by atoms with Crippen molar-refractivity contribution in [1.82, 2.24) is 10.2 Å². The van der Waals surface area contributed by atoms with Crippen molar-refractivity contribution in [2.24, 2.45) is 56.7 Å². The van der Waals surface area contributed by atoms with Crippen molar-refractivity contribution >= 4 is 23.7 Å². The van der Waals surface area contributed by atoms with Gasteiger partial charge in [0.1, 0.15) is 12.7 Å². The summed E-state index contributed by atoms with van der Waals surface area (Å²) in [6.45, 7) is 21.4. The average molecular weight is 739 g/mol. The van der Waals surface area contributed by atoms with Crippen LogP contribution in [0.5, 0.6) is 0 Å². The maximum absolute atomic E-state index is 14.0. The fourth-order valence-electron chi connectivity index (χ4n) is 14.7. The zero-order chi connectivity index (χ0) is 37.5. The van der Waals surface area contributed by atoms with E-state index in [-0.39, 0.29) is 39.7 Å². The van der Waals surface area contributed by atoms with Gasteiger partial charge in [-0.3, -0.25) is 14.5 Å². The van der Waals surface area contributed by atoms with Crippen molar-refractivity contribution in [3.8, 4) is 0 Å². The van der Waals surface area contributed by atoms with Crippen LogP contribution in [0.1, 0.15) is 119 Å². The van der Waals surface area contributed by atoms with Gasteiger partial charge in [-0.2, -0.15) is 11.8 Å². The van der Waals surface area contributed by atoms with E-state index in [0.29, 0.717) is 48.2 Å². The van der Waals surface area contributed by atoms with E-state index in [0.717, 1.165) is 31.8 Å². The fraction of sp³-hybridized carbons (Fsp3) is 0.818. The third-order valence-electron chi connectivity index (χ3n) is 17.7. The molecule has 0 amide bonds. The van der Waals surface area contributed by atoms with Crippen LogP contribution in [-0.4, -0.2) is 76.4 Å². The molecule has 1 aliphatic heterocycles. The molecule has 0 radical (unpaired) electrons. The van der Waals surface area contributed by atoms with Crippen LogP contribution in [-0.2, 0) is 9.59 Å². The Balaban J connectivity index is 1.14. The molecule has 6 aliphatic carbocycles. The number of fused-ring (bicyclic) bond motifs is 7. The van der Waals surface area contributed by atoms with Crippen molar-refractivity contribution in [2.75, 3.05) is 37.8 Å². The van der Waals surface area contributed by atoms with Crippen LogP contribution in [0, 0.1) is 56.7 Å². The number of aliphatic carboxylic acids is 2. The van der Waals surface area contributed by atoms with Gasteiger partial charge in [-0.15, -0.1) is 0 Å². The lowest BCUT2D eigenvalue weighted by atomic mass is 9.33. The summed E-state index contributed by atoms with van der Waals surface area (Å²) in [5, 5.41) is 23.9. The van der Waals surface area contributed by atoms with Gasteiger partial charge in [0.05, 0.1) is 5.41 Å². The van der Waals surface area contributed by atoms with Crippen molar-refractivity contribution < 1.29 is 24.2 Å². The van der Waals surface area contributed by atoms with Crippen molar-refractivity contribution in [1.29, 1.82) is 0 Å². The Morgan fingerprint density at radius 2 is 1.73 bits per heavy atom. The number of hydrogen-bond donors (Lipinski definition) is 3. The number of carbonyl (C=O) groups is 2. The number of nitrogens with zero attached hydrogens (tertiary/aromatic N) is 1. The third-order valence-corrected chi connectivity index (χ3v) is 18.7. The molecule has 290 valence electrons. The highest BCUT2D eigenvalue weighted by molar-refractivity contribution is 7.99. The Labute approximate surface area is 317 Å². The molecule has 0 unspecified atom stereocenters. The molecule has 8 heteroatoms. The molecule has 7 aliphatic rings. The predicted octanol–water partition coefficient (Wildman–Crippen LogP) is 9.18. The van der Waals surface area contributed by atoms with Crippen LogP contribution in [0.4, 0.5) is 4.39 Å². The van der Waals surface area contributed by atoms with Gasteiger partial charge >= 0.3 is 11.9 Å². The Morgan fingerprint density at radius 3 is 2.38 bits per heavy atom. The van der Waals surface area contributed by atoms with Crippen molar-refractivity contribution in [3.63, 3.8) is 0 Å². The molecular weight excluding hydrogens is 672 g/mol. The van der Waals surface area contributed by atoms with Gasteiger partial charge in [-0.1, -0.05) is 58.9 Å². The van der Waals surface area contributed by atoms with Crippen LogP contribution < -0.4 is 5.32 Å². The van der Waals surface area contributed by atoms with E-state index in [2.05, 4.69) is 70.5 Å². The third kappa shape index (κ3) is 5.67. The summed E-state index contributed by atoms with van der Waals surface area (Å²) in [6.07, 6.45) is 16.8. The molecule has 7 rings (SSSR count). The Kier molecular flexibility index (Phi) is 10.1. The second kappa shape index (κ2) is 13.5. The maximum atomic E-state index is 14.0. The first-order valence-corrected chi connectivity index (χ1v) is 21.8. The molecule has 0 aromatic heterocycles. The van der Waals surface area contributed by atoms with E-state index in [1.165, 1.54) is 68.1 Å². The minimum Gasteiger partial charge on any atom is -0.481 e. The topological polar surface area (TPSA) is 89.9 Å². The van der Waals surface area contributed by atoms with Crippen LogP contribution in [0.15, 0.2) is 35.5 Å². The Morgan fingerprint density at radius 1 is 0.962 bits per heavy atom. The Hall–Kier alpha value is -1.64. The minimum atomic E-state index is -1.26. The van der Waals surface area contributed by atoms with Gasteiger partial charge in [-0.25, -0.2) is 4.39 Å². The number of halogens is 1. The predicted molar refractivity (Wildman–Crippen MR) is 209 cm³/mol. The smallest absolute Gasteiger partial charge is 0.321 e. The van der Waals surface area contributed by atoms with Gasteiger partial charge in [-0.05, 0) is 146 Å². The van der Waals surface area contributed by atoms with Gasteiger partial charge in [0.2, 0.25) is 0 Å². The highest BCUT2D eigenvalue weighted by Crippen LogP contribution is 2.76. The number of hydrogen-bond acceptors (Lipinski definition) is 5. The number of nitrogens with one attached hydrogen (secondary N) is 1. The molecule has 0 spiro atoms. The van der Waals surface area contributed by atoms with Gasteiger partial charge in [0, 0.05) is 36.7 Å². The zero-order valence-corrected chi connectivity index (χ0v) is 33.8. The largest absolute Gasteiger partial charge is 0.481 e. The number of thioether (sulfide) groups is 1. The first-order valence-electron chi connectivity index (χ1n) is 20.6. The molecule has 0 aromatic carbocycles. The SMILES string of the molecule is C=C(C)[C@@H]1CC[C@]2(NCCN3CCSC[C@H]3C(=O)O)CC[C@]3(C)[C@H](CC[C@@H]4[C@@]5(C)CC=C(C6=CC[C@@](CF)(C(=O)O)CC6)C(C)(C)[C@@H]5CC[C@]43C)[C@@H]12. The second-order valence-corrected chi connectivity index (χ2v) is 21.1.